The molecular formula is C15H16N2O4. The molecule has 0 fully saturated rings. The van der Waals surface area contributed by atoms with E-state index in [4.69, 9.17) is 4.74 Å². The van der Waals surface area contributed by atoms with Gasteiger partial charge in [0, 0.05) is 13.2 Å². The van der Waals surface area contributed by atoms with Crippen LogP contribution in [0.5, 0.6) is 5.75 Å². The monoisotopic (exact) mass is 288 g/mol. The lowest BCUT2D eigenvalue weighted by atomic mass is 9.96. The molecule has 1 aromatic heterocycles. The normalized spacial score (nSPS) is 13.4. The number of nitrogens with zero attached hydrogens (tertiary/aromatic N) is 2. The maximum Gasteiger partial charge on any atom is 0.341 e. The van der Waals surface area contributed by atoms with Gasteiger partial charge >= 0.3 is 5.97 Å². The van der Waals surface area contributed by atoms with Crippen LogP contribution in [0.2, 0.25) is 0 Å². The third kappa shape index (κ3) is 1.65. The molecule has 1 N–H and O–H groups in total. The van der Waals surface area contributed by atoms with E-state index in [0.29, 0.717) is 23.4 Å². The van der Waals surface area contributed by atoms with Gasteiger partial charge < -0.3 is 9.84 Å². The molecule has 0 spiro atoms. The Morgan fingerprint density at radius 2 is 1.90 bits per heavy atom. The fourth-order valence-electron chi connectivity index (χ4n) is 2.80. The predicted molar refractivity (Wildman–Crippen MR) is 79.0 cm³/mol. The average Bonchev–Trinajstić information content (AvgIpc) is 2.43. The standard InChI is InChI=1S/C15H16N2O4/c1-7-8(2)11-12-14(9(7)3)21-6-16(4)17(12)5-10(13(11)18)15(19)20/h5H,6H2,1-4H3,(H,19,20). The molecule has 0 atom stereocenters. The van der Waals surface area contributed by atoms with Crippen molar-refractivity contribution in [3.8, 4) is 5.75 Å². The quantitative estimate of drug-likeness (QED) is 0.862. The smallest absolute Gasteiger partial charge is 0.341 e. The largest absolute Gasteiger partial charge is 0.477 e. The molecule has 0 saturated carbocycles. The molecular weight excluding hydrogens is 272 g/mol. The fraction of sp³-hybridized carbons (Fsp3) is 0.333. The van der Waals surface area contributed by atoms with Gasteiger partial charge in [-0.25, -0.2) is 4.79 Å². The van der Waals surface area contributed by atoms with Gasteiger partial charge in [0.25, 0.3) is 0 Å². The highest BCUT2D eigenvalue weighted by Gasteiger charge is 2.26. The van der Waals surface area contributed by atoms with Crippen LogP contribution >= 0.6 is 0 Å². The summed E-state index contributed by atoms with van der Waals surface area (Å²) >= 11 is 0. The van der Waals surface area contributed by atoms with Crippen LogP contribution in [0.3, 0.4) is 0 Å². The Bertz CT molecular complexity index is 851. The summed E-state index contributed by atoms with van der Waals surface area (Å²) in [6.07, 6.45) is 1.37. The number of aryl methyl sites for hydroxylation is 1. The summed E-state index contributed by atoms with van der Waals surface area (Å²) in [5.74, 6) is -0.565. The van der Waals surface area contributed by atoms with Crippen molar-refractivity contribution in [2.45, 2.75) is 20.8 Å². The number of carbonyl (C=O) groups is 1. The molecule has 0 aliphatic carbocycles. The Morgan fingerprint density at radius 3 is 2.52 bits per heavy atom. The Hall–Kier alpha value is -2.50. The molecule has 6 heteroatoms. The number of hydrogen-bond acceptors (Lipinski definition) is 4. The van der Waals surface area contributed by atoms with Gasteiger partial charge in [-0.2, -0.15) is 0 Å². The van der Waals surface area contributed by atoms with E-state index in [-0.39, 0.29) is 5.56 Å². The van der Waals surface area contributed by atoms with Gasteiger partial charge in [0.05, 0.1) is 5.39 Å². The number of aromatic carboxylic acids is 1. The van der Waals surface area contributed by atoms with Crippen molar-refractivity contribution in [1.82, 2.24) is 4.68 Å². The van der Waals surface area contributed by atoms with Crippen LogP contribution in [0.1, 0.15) is 27.0 Å². The van der Waals surface area contributed by atoms with Crippen molar-refractivity contribution in [2.24, 2.45) is 0 Å². The zero-order valence-electron chi connectivity index (χ0n) is 12.4. The van der Waals surface area contributed by atoms with Crippen molar-refractivity contribution in [1.29, 1.82) is 0 Å². The van der Waals surface area contributed by atoms with Gasteiger partial charge in [-0.3, -0.25) is 14.5 Å². The molecule has 0 radical (unpaired) electrons. The maximum absolute atomic E-state index is 12.5. The molecule has 1 aliphatic heterocycles. The van der Waals surface area contributed by atoms with Gasteiger partial charge in [0.15, 0.2) is 12.5 Å². The molecule has 110 valence electrons. The lowest BCUT2D eigenvalue weighted by Crippen LogP contribution is -2.39. The third-order valence-electron chi connectivity index (χ3n) is 4.24. The van der Waals surface area contributed by atoms with Gasteiger partial charge in [-0.15, -0.1) is 0 Å². The van der Waals surface area contributed by atoms with Crippen LogP contribution in [0.4, 0.5) is 0 Å². The first-order valence-electron chi connectivity index (χ1n) is 6.61. The van der Waals surface area contributed by atoms with Crippen LogP contribution in [-0.4, -0.2) is 29.5 Å². The molecule has 0 amide bonds. The van der Waals surface area contributed by atoms with Crippen molar-refractivity contribution < 1.29 is 14.6 Å². The number of carboxylic acid groups (broad SMARTS) is 1. The summed E-state index contributed by atoms with van der Waals surface area (Å²) in [7, 11) is 1.78. The maximum atomic E-state index is 12.5. The number of pyridine rings is 1. The van der Waals surface area contributed by atoms with Crippen LogP contribution in [0.15, 0.2) is 11.0 Å². The second-order valence-electron chi connectivity index (χ2n) is 5.38. The second kappa shape index (κ2) is 4.25. The van der Waals surface area contributed by atoms with E-state index >= 15 is 0 Å². The number of aromatic nitrogens is 1. The van der Waals surface area contributed by atoms with Gasteiger partial charge in [0.2, 0.25) is 5.43 Å². The van der Waals surface area contributed by atoms with E-state index in [2.05, 4.69) is 0 Å². The summed E-state index contributed by atoms with van der Waals surface area (Å²) < 4.78 is 7.44. The first kappa shape index (κ1) is 13.5. The second-order valence-corrected chi connectivity index (χ2v) is 5.38. The predicted octanol–water partition coefficient (Wildman–Crippen LogP) is 1.54. The van der Waals surface area contributed by atoms with E-state index in [1.54, 1.807) is 16.7 Å². The fourth-order valence-corrected chi connectivity index (χ4v) is 2.80. The molecule has 21 heavy (non-hydrogen) atoms. The Kier molecular flexibility index (Phi) is 2.73. The van der Waals surface area contributed by atoms with Crippen LogP contribution in [0.25, 0.3) is 10.9 Å². The summed E-state index contributed by atoms with van der Waals surface area (Å²) in [6, 6.07) is 0. The highest BCUT2D eigenvalue weighted by Crippen LogP contribution is 2.35. The Balaban J connectivity index is 2.64. The van der Waals surface area contributed by atoms with Crippen LogP contribution < -0.4 is 15.2 Å². The lowest BCUT2D eigenvalue weighted by molar-refractivity contribution is 0.0694. The van der Waals surface area contributed by atoms with Gasteiger partial charge in [0.1, 0.15) is 11.1 Å². The number of benzene rings is 1. The Labute approximate surface area is 121 Å². The van der Waals surface area contributed by atoms with E-state index in [0.717, 1.165) is 16.7 Å². The number of rotatable bonds is 1. The topological polar surface area (TPSA) is 71.8 Å². The van der Waals surface area contributed by atoms with Gasteiger partial charge in [-0.1, -0.05) is 0 Å². The number of carboxylic acids is 1. The summed E-state index contributed by atoms with van der Waals surface area (Å²) in [6.45, 7) is 6.00. The summed E-state index contributed by atoms with van der Waals surface area (Å²) in [4.78, 5) is 23.9. The van der Waals surface area contributed by atoms with Crippen molar-refractivity contribution >= 4 is 16.9 Å². The molecule has 0 saturated heterocycles. The van der Waals surface area contributed by atoms with E-state index in [1.807, 2.05) is 20.8 Å². The number of hydrogen-bond donors (Lipinski definition) is 1. The van der Waals surface area contributed by atoms with Gasteiger partial charge in [-0.05, 0) is 37.5 Å². The average molecular weight is 288 g/mol. The molecule has 2 heterocycles. The zero-order chi connectivity index (χ0) is 15.5. The molecule has 1 aliphatic rings. The minimum Gasteiger partial charge on any atom is -0.477 e. The van der Waals surface area contributed by atoms with Crippen LogP contribution in [0, 0.1) is 20.8 Å². The molecule has 2 aromatic rings. The van der Waals surface area contributed by atoms with Crippen molar-refractivity contribution in [3.05, 3.63) is 38.7 Å². The molecule has 0 unspecified atom stereocenters. The highest BCUT2D eigenvalue weighted by atomic mass is 16.5. The van der Waals surface area contributed by atoms with E-state index in [1.165, 1.54) is 6.20 Å². The molecule has 6 nitrogen and oxygen atoms in total. The Morgan fingerprint density at radius 1 is 1.24 bits per heavy atom. The molecule has 0 bridgehead atoms. The minimum absolute atomic E-state index is 0.228. The van der Waals surface area contributed by atoms with E-state index < -0.39 is 11.4 Å². The minimum atomic E-state index is -1.22. The van der Waals surface area contributed by atoms with Crippen molar-refractivity contribution in [3.63, 3.8) is 0 Å². The van der Waals surface area contributed by atoms with E-state index in [9.17, 15) is 14.7 Å². The first-order valence-corrected chi connectivity index (χ1v) is 6.61. The summed E-state index contributed by atoms with van der Waals surface area (Å²) in [5, 5.41) is 11.4. The number of ether oxygens (including phenoxy) is 1. The SMILES string of the molecule is Cc1c(C)c2c3c(c1C)c(=O)c(C(=O)O)cn3N(C)CO2. The zero-order valence-corrected chi connectivity index (χ0v) is 12.4. The first-order chi connectivity index (χ1) is 9.84. The summed E-state index contributed by atoms with van der Waals surface area (Å²) in [5.41, 5.74) is 2.67. The third-order valence-corrected chi connectivity index (χ3v) is 4.24. The molecule has 3 rings (SSSR count). The lowest BCUT2D eigenvalue weighted by Gasteiger charge is -2.32. The molecule has 1 aromatic carbocycles. The van der Waals surface area contributed by atoms with Crippen LogP contribution in [-0.2, 0) is 0 Å². The van der Waals surface area contributed by atoms with Crippen molar-refractivity contribution in [2.75, 3.05) is 18.8 Å². The highest BCUT2D eigenvalue weighted by molar-refractivity contribution is 5.97.